The summed E-state index contributed by atoms with van der Waals surface area (Å²) in [6.07, 6.45) is 2.39. The second kappa shape index (κ2) is 4.62. The molecule has 5 nitrogen and oxygen atoms in total. The van der Waals surface area contributed by atoms with E-state index in [9.17, 15) is 4.79 Å². The van der Waals surface area contributed by atoms with Crippen LogP contribution in [0.1, 0.15) is 26.5 Å². The third kappa shape index (κ3) is 2.19. The SMILES string of the molecule is Cc1nc(N2CCc3sccc3C2)ncc1C(=O)O. The van der Waals surface area contributed by atoms with Crippen LogP contribution in [0.3, 0.4) is 0 Å². The van der Waals surface area contributed by atoms with E-state index < -0.39 is 5.97 Å². The molecule has 0 saturated heterocycles. The van der Waals surface area contributed by atoms with Crippen molar-refractivity contribution in [3.05, 3.63) is 39.3 Å². The van der Waals surface area contributed by atoms with Crippen molar-refractivity contribution >= 4 is 23.3 Å². The molecule has 0 spiro atoms. The smallest absolute Gasteiger partial charge is 0.339 e. The molecule has 0 amide bonds. The van der Waals surface area contributed by atoms with Crippen LogP contribution < -0.4 is 4.90 Å². The van der Waals surface area contributed by atoms with Crippen molar-refractivity contribution in [1.82, 2.24) is 9.97 Å². The van der Waals surface area contributed by atoms with Gasteiger partial charge in [-0.05, 0) is 30.4 Å². The van der Waals surface area contributed by atoms with Crippen molar-refractivity contribution in [2.45, 2.75) is 19.9 Å². The average molecular weight is 275 g/mol. The average Bonchev–Trinajstić information content (AvgIpc) is 2.85. The van der Waals surface area contributed by atoms with Gasteiger partial charge in [-0.15, -0.1) is 11.3 Å². The highest BCUT2D eigenvalue weighted by Crippen LogP contribution is 2.26. The van der Waals surface area contributed by atoms with Gasteiger partial charge in [-0.25, -0.2) is 14.8 Å². The number of aromatic nitrogens is 2. The van der Waals surface area contributed by atoms with E-state index in [-0.39, 0.29) is 5.56 Å². The lowest BCUT2D eigenvalue weighted by molar-refractivity contribution is 0.0695. The van der Waals surface area contributed by atoms with E-state index in [4.69, 9.17) is 5.11 Å². The van der Waals surface area contributed by atoms with Gasteiger partial charge in [-0.3, -0.25) is 0 Å². The van der Waals surface area contributed by atoms with Crippen molar-refractivity contribution in [3.63, 3.8) is 0 Å². The topological polar surface area (TPSA) is 66.3 Å². The molecule has 0 aromatic carbocycles. The number of hydrogen-bond acceptors (Lipinski definition) is 5. The maximum absolute atomic E-state index is 10.9. The van der Waals surface area contributed by atoms with Gasteiger partial charge in [-0.2, -0.15) is 0 Å². The van der Waals surface area contributed by atoms with Gasteiger partial charge < -0.3 is 10.0 Å². The monoisotopic (exact) mass is 275 g/mol. The van der Waals surface area contributed by atoms with Crippen LogP contribution in [0.5, 0.6) is 0 Å². The molecule has 0 fully saturated rings. The molecular weight excluding hydrogens is 262 g/mol. The largest absolute Gasteiger partial charge is 0.478 e. The standard InChI is InChI=1S/C13H13N3O2S/c1-8-10(12(17)18)6-14-13(15-8)16-4-2-11-9(7-16)3-5-19-11/h3,5-6H,2,4,7H2,1H3,(H,17,18). The Morgan fingerprint density at radius 1 is 1.53 bits per heavy atom. The predicted octanol–water partition coefficient (Wildman–Crippen LogP) is 2.11. The minimum atomic E-state index is -0.984. The summed E-state index contributed by atoms with van der Waals surface area (Å²) in [4.78, 5) is 23.0. The second-order valence-electron chi connectivity index (χ2n) is 4.51. The maximum Gasteiger partial charge on any atom is 0.339 e. The second-order valence-corrected chi connectivity index (χ2v) is 5.52. The molecule has 19 heavy (non-hydrogen) atoms. The molecular formula is C13H13N3O2S. The minimum absolute atomic E-state index is 0.164. The van der Waals surface area contributed by atoms with E-state index in [1.54, 1.807) is 18.3 Å². The van der Waals surface area contributed by atoms with E-state index in [1.807, 2.05) is 0 Å². The number of anilines is 1. The first kappa shape index (κ1) is 12.1. The van der Waals surface area contributed by atoms with Crippen LogP contribution in [0.25, 0.3) is 0 Å². The molecule has 0 atom stereocenters. The van der Waals surface area contributed by atoms with E-state index >= 15 is 0 Å². The summed E-state index contributed by atoms with van der Waals surface area (Å²) in [5.74, 6) is -0.373. The van der Waals surface area contributed by atoms with Gasteiger partial charge >= 0.3 is 5.97 Å². The summed E-state index contributed by atoms with van der Waals surface area (Å²) in [6.45, 7) is 3.37. The zero-order chi connectivity index (χ0) is 13.4. The van der Waals surface area contributed by atoms with Crippen molar-refractivity contribution in [2.75, 3.05) is 11.4 Å². The number of thiophene rings is 1. The lowest BCUT2D eigenvalue weighted by Gasteiger charge is -2.27. The number of fused-ring (bicyclic) bond motifs is 1. The Hall–Kier alpha value is -1.95. The van der Waals surface area contributed by atoms with Crippen molar-refractivity contribution < 1.29 is 9.90 Å². The number of aryl methyl sites for hydroxylation is 1. The molecule has 6 heteroatoms. The Morgan fingerprint density at radius 2 is 2.37 bits per heavy atom. The van der Waals surface area contributed by atoms with Gasteiger partial charge in [0.1, 0.15) is 0 Å². The molecule has 1 N–H and O–H groups in total. The Morgan fingerprint density at radius 3 is 3.11 bits per heavy atom. The van der Waals surface area contributed by atoms with Gasteiger partial charge in [0.05, 0.1) is 11.3 Å². The van der Waals surface area contributed by atoms with Gasteiger partial charge in [-0.1, -0.05) is 0 Å². The fraction of sp³-hybridized carbons (Fsp3) is 0.308. The molecule has 1 aliphatic rings. The van der Waals surface area contributed by atoms with E-state index in [2.05, 4.69) is 26.3 Å². The van der Waals surface area contributed by atoms with Crippen LogP contribution in [0.15, 0.2) is 17.6 Å². The molecule has 3 rings (SSSR count). The minimum Gasteiger partial charge on any atom is -0.478 e. The quantitative estimate of drug-likeness (QED) is 0.909. The Labute approximate surface area is 114 Å². The molecule has 3 heterocycles. The van der Waals surface area contributed by atoms with Crippen molar-refractivity contribution in [3.8, 4) is 0 Å². The van der Waals surface area contributed by atoms with Crippen molar-refractivity contribution in [2.24, 2.45) is 0 Å². The van der Waals surface area contributed by atoms with Crippen LogP contribution in [0.2, 0.25) is 0 Å². The summed E-state index contributed by atoms with van der Waals surface area (Å²) >= 11 is 1.79. The molecule has 2 aromatic rings. The molecule has 0 saturated carbocycles. The van der Waals surface area contributed by atoms with E-state index in [0.717, 1.165) is 19.5 Å². The van der Waals surface area contributed by atoms with Crippen LogP contribution in [-0.2, 0) is 13.0 Å². The Balaban J connectivity index is 1.88. The first-order valence-corrected chi connectivity index (χ1v) is 6.90. The molecule has 0 unspecified atom stereocenters. The summed E-state index contributed by atoms with van der Waals surface area (Å²) < 4.78 is 0. The number of carboxylic acid groups (broad SMARTS) is 1. The lowest BCUT2D eigenvalue weighted by Crippen LogP contribution is -2.31. The van der Waals surface area contributed by atoms with E-state index in [0.29, 0.717) is 11.6 Å². The van der Waals surface area contributed by atoms with Gasteiger partial charge in [0.25, 0.3) is 0 Å². The fourth-order valence-corrected chi connectivity index (χ4v) is 3.13. The number of rotatable bonds is 2. The molecule has 2 aromatic heterocycles. The molecule has 0 aliphatic carbocycles. The first-order chi connectivity index (χ1) is 9.15. The maximum atomic E-state index is 10.9. The van der Waals surface area contributed by atoms with Gasteiger partial charge in [0.2, 0.25) is 5.95 Å². The molecule has 1 aliphatic heterocycles. The Kier molecular flexibility index (Phi) is 2.94. The molecule has 98 valence electrons. The zero-order valence-corrected chi connectivity index (χ0v) is 11.3. The van der Waals surface area contributed by atoms with E-state index in [1.165, 1.54) is 16.6 Å². The third-order valence-electron chi connectivity index (χ3n) is 3.29. The third-order valence-corrected chi connectivity index (χ3v) is 4.31. The van der Waals surface area contributed by atoms with Gasteiger partial charge in [0.15, 0.2) is 0 Å². The fourth-order valence-electron chi connectivity index (χ4n) is 2.24. The number of carboxylic acids is 1. The highest BCUT2D eigenvalue weighted by molar-refractivity contribution is 7.10. The number of aromatic carboxylic acids is 1. The lowest BCUT2D eigenvalue weighted by atomic mass is 10.1. The van der Waals surface area contributed by atoms with Crippen LogP contribution in [0.4, 0.5) is 5.95 Å². The zero-order valence-electron chi connectivity index (χ0n) is 10.5. The summed E-state index contributed by atoms with van der Waals surface area (Å²) in [5, 5.41) is 11.1. The first-order valence-electron chi connectivity index (χ1n) is 6.02. The highest BCUT2D eigenvalue weighted by Gasteiger charge is 2.20. The summed E-state index contributed by atoms with van der Waals surface area (Å²) in [6, 6.07) is 2.13. The summed E-state index contributed by atoms with van der Waals surface area (Å²) in [5.41, 5.74) is 1.99. The number of nitrogens with zero attached hydrogens (tertiary/aromatic N) is 3. The normalized spacial score (nSPS) is 14.3. The van der Waals surface area contributed by atoms with Crippen LogP contribution in [-0.4, -0.2) is 27.6 Å². The van der Waals surface area contributed by atoms with Gasteiger partial charge in [0, 0.05) is 24.2 Å². The molecule has 0 bridgehead atoms. The molecule has 0 radical (unpaired) electrons. The number of carbonyl (C=O) groups is 1. The highest BCUT2D eigenvalue weighted by atomic mass is 32.1. The van der Waals surface area contributed by atoms with Crippen molar-refractivity contribution in [1.29, 1.82) is 0 Å². The predicted molar refractivity (Wildman–Crippen MR) is 72.8 cm³/mol. The Bertz CT molecular complexity index is 639. The number of hydrogen-bond donors (Lipinski definition) is 1. The van der Waals surface area contributed by atoms with Crippen LogP contribution >= 0.6 is 11.3 Å². The van der Waals surface area contributed by atoms with Crippen LogP contribution in [0, 0.1) is 6.92 Å². The summed E-state index contributed by atoms with van der Waals surface area (Å²) in [7, 11) is 0.